The molecule has 3 rings (SSSR count). The van der Waals surface area contributed by atoms with Gasteiger partial charge in [-0.05, 0) is 65.9 Å². The quantitative estimate of drug-likeness (QED) is 0.454. The van der Waals surface area contributed by atoms with Crippen molar-refractivity contribution < 1.29 is 42.4 Å². The Bertz CT molecular complexity index is 1200. The second-order valence-corrected chi connectivity index (χ2v) is 7.99. The lowest BCUT2D eigenvalue weighted by Crippen LogP contribution is -2.17. The van der Waals surface area contributed by atoms with Crippen LogP contribution in [0, 0.1) is 0 Å². The number of aliphatic imine (C=N–C) groups is 1. The van der Waals surface area contributed by atoms with Crippen molar-refractivity contribution in [2.75, 3.05) is 26.9 Å². The van der Waals surface area contributed by atoms with E-state index in [1.54, 1.807) is 32.2 Å². The number of halogens is 3. The SMILES string of the molecule is COCCCOc1cc2c(cc1-c1cccc(OC(F)(F)F)c1)/C(C)=C/C(O)=C(C(=O)O)C=NCC2. The molecule has 192 valence electrons. The first-order valence-corrected chi connectivity index (χ1v) is 11.1. The molecule has 2 aromatic rings. The number of carbonyl (C=O) groups is 1. The number of fused-ring (bicyclic) bond motifs is 1. The molecule has 0 bridgehead atoms. The van der Waals surface area contributed by atoms with Crippen LogP contribution < -0.4 is 9.47 Å². The number of allylic oxidation sites excluding steroid dienone is 2. The summed E-state index contributed by atoms with van der Waals surface area (Å²) in [6.07, 6.45) is -1.35. The van der Waals surface area contributed by atoms with E-state index in [0.29, 0.717) is 54.1 Å². The Morgan fingerprint density at radius 2 is 1.92 bits per heavy atom. The molecular weight excluding hydrogens is 479 g/mol. The average Bonchev–Trinajstić information content (AvgIpc) is 2.80. The Balaban J connectivity index is 2.15. The van der Waals surface area contributed by atoms with Crippen LogP contribution in [0.15, 0.2) is 58.8 Å². The maximum absolute atomic E-state index is 12.8. The number of ether oxygens (including phenoxy) is 3. The van der Waals surface area contributed by atoms with Crippen LogP contribution in [0.5, 0.6) is 11.5 Å². The molecule has 36 heavy (non-hydrogen) atoms. The second-order valence-electron chi connectivity index (χ2n) is 7.99. The molecule has 1 aliphatic heterocycles. The summed E-state index contributed by atoms with van der Waals surface area (Å²) in [5.41, 5.74) is 2.65. The third kappa shape index (κ3) is 7.11. The summed E-state index contributed by atoms with van der Waals surface area (Å²) in [6.45, 7) is 2.75. The molecule has 0 atom stereocenters. The molecule has 0 fully saturated rings. The van der Waals surface area contributed by atoms with Crippen LogP contribution in [-0.2, 0) is 16.0 Å². The molecule has 0 aromatic heterocycles. The monoisotopic (exact) mass is 505 g/mol. The van der Waals surface area contributed by atoms with E-state index in [0.717, 1.165) is 11.8 Å². The van der Waals surface area contributed by atoms with E-state index >= 15 is 0 Å². The number of aliphatic hydroxyl groups is 1. The number of hydrogen-bond acceptors (Lipinski definition) is 6. The fourth-order valence-corrected chi connectivity index (χ4v) is 3.72. The van der Waals surface area contributed by atoms with Crippen molar-refractivity contribution in [1.82, 2.24) is 0 Å². The fourth-order valence-electron chi connectivity index (χ4n) is 3.72. The first-order chi connectivity index (χ1) is 17.1. The lowest BCUT2D eigenvalue weighted by Gasteiger charge is -2.19. The third-order valence-electron chi connectivity index (χ3n) is 5.35. The van der Waals surface area contributed by atoms with Gasteiger partial charge in [0.15, 0.2) is 0 Å². The summed E-state index contributed by atoms with van der Waals surface area (Å²) in [6, 6.07) is 9.09. The van der Waals surface area contributed by atoms with Crippen molar-refractivity contribution in [1.29, 1.82) is 0 Å². The van der Waals surface area contributed by atoms with E-state index in [1.165, 1.54) is 24.3 Å². The third-order valence-corrected chi connectivity index (χ3v) is 5.35. The van der Waals surface area contributed by atoms with Crippen molar-refractivity contribution in [2.24, 2.45) is 4.99 Å². The minimum Gasteiger partial charge on any atom is -0.507 e. The Kier molecular flexibility index (Phi) is 8.76. The molecule has 2 aromatic carbocycles. The highest BCUT2D eigenvalue weighted by atomic mass is 19.4. The number of aliphatic carboxylic acids is 1. The highest BCUT2D eigenvalue weighted by Crippen LogP contribution is 2.38. The van der Waals surface area contributed by atoms with Crippen molar-refractivity contribution in [3.05, 3.63) is 64.9 Å². The average molecular weight is 505 g/mol. The van der Waals surface area contributed by atoms with Crippen LogP contribution >= 0.6 is 0 Å². The van der Waals surface area contributed by atoms with E-state index in [1.807, 2.05) is 0 Å². The molecule has 0 amide bonds. The van der Waals surface area contributed by atoms with E-state index in [4.69, 9.17) is 9.47 Å². The van der Waals surface area contributed by atoms with Crippen molar-refractivity contribution in [2.45, 2.75) is 26.1 Å². The molecule has 0 saturated heterocycles. The molecule has 0 aliphatic carbocycles. The summed E-state index contributed by atoms with van der Waals surface area (Å²) in [4.78, 5) is 15.6. The number of hydrogen-bond donors (Lipinski definition) is 2. The van der Waals surface area contributed by atoms with Crippen molar-refractivity contribution in [3.63, 3.8) is 0 Å². The molecule has 0 saturated carbocycles. The van der Waals surface area contributed by atoms with Gasteiger partial charge >= 0.3 is 12.3 Å². The van der Waals surface area contributed by atoms with Crippen molar-refractivity contribution in [3.8, 4) is 22.6 Å². The lowest BCUT2D eigenvalue weighted by atomic mass is 9.92. The van der Waals surface area contributed by atoms with Gasteiger partial charge in [0.1, 0.15) is 22.8 Å². The molecule has 1 aliphatic rings. The Labute approximate surface area is 206 Å². The molecule has 0 unspecified atom stereocenters. The lowest BCUT2D eigenvalue weighted by molar-refractivity contribution is -0.274. The zero-order chi connectivity index (χ0) is 26.3. The smallest absolute Gasteiger partial charge is 0.507 e. The zero-order valence-corrected chi connectivity index (χ0v) is 19.8. The van der Waals surface area contributed by atoms with Gasteiger partial charge in [-0.2, -0.15) is 0 Å². The number of benzene rings is 2. The van der Waals surface area contributed by atoms with Crippen LogP contribution in [-0.4, -0.2) is 55.6 Å². The predicted octanol–water partition coefficient (Wildman–Crippen LogP) is 5.59. The minimum atomic E-state index is -4.84. The van der Waals surface area contributed by atoms with Gasteiger partial charge in [-0.3, -0.25) is 4.99 Å². The molecule has 0 spiro atoms. The Morgan fingerprint density at radius 3 is 2.61 bits per heavy atom. The number of aliphatic hydroxyl groups excluding tert-OH is 1. The fraction of sp³-hybridized carbons (Fsp3) is 0.308. The van der Waals surface area contributed by atoms with Gasteiger partial charge in [0.05, 0.1) is 6.61 Å². The van der Waals surface area contributed by atoms with Gasteiger partial charge in [-0.25, -0.2) is 4.79 Å². The molecular formula is C26H26F3NO6. The van der Waals surface area contributed by atoms with Gasteiger partial charge in [0, 0.05) is 38.5 Å². The molecule has 1 heterocycles. The van der Waals surface area contributed by atoms with Gasteiger partial charge < -0.3 is 24.4 Å². The summed E-state index contributed by atoms with van der Waals surface area (Å²) in [5, 5.41) is 19.8. The van der Waals surface area contributed by atoms with Gasteiger partial charge in [0.25, 0.3) is 0 Å². The van der Waals surface area contributed by atoms with E-state index in [-0.39, 0.29) is 17.9 Å². The van der Waals surface area contributed by atoms with E-state index < -0.39 is 18.1 Å². The molecule has 2 N–H and O–H groups in total. The highest BCUT2D eigenvalue weighted by Gasteiger charge is 2.31. The minimum absolute atomic E-state index is 0.252. The number of methoxy groups -OCH3 is 1. The number of nitrogens with zero attached hydrogens (tertiary/aromatic N) is 1. The van der Waals surface area contributed by atoms with Gasteiger partial charge in [0.2, 0.25) is 0 Å². The summed E-state index contributed by atoms with van der Waals surface area (Å²) in [5.74, 6) is -1.70. The second kappa shape index (κ2) is 11.8. The highest BCUT2D eigenvalue weighted by molar-refractivity contribution is 6.09. The maximum atomic E-state index is 12.8. The molecule has 10 heteroatoms. The number of carboxylic acids is 1. The van der Waals surface area contributed by atoms with Crippen LogP contribution in [0.2, 0.25) is 0 Å². The van der Waals surface area contributed by atoms with Crippen LogP contribution in [0.4, 0.5) is 13.2 Å². The van der Waals surface area contributed by atoms with Crippen LogP contribution in [0.1, 0.15) is 24.5 Å². The maximum Gasteiger partial charge on any atom is 0.573 e. The predicted molar refractivity (Wildman–Crippen MR) is 129 cm³/mol. The van der Waals surface area contributed by atoms with E-state index in [9.17, 15) is 28.2 Å². The number of rotatable bonds is 8. The van der Waals surface area contributed by atoms with Gasteiger partial charge in [-0.1, -0.05) is 12.1 Å². The normalized spacial score (nSPS) is 15.6. The Morgan fingerprint density at radius 1 is 1.14 bits per heavy atom. The number of alkyl halides is 3. The first-order valence-electron chi connectivity index (χ1n) is 11.1. The van der Waals surface area contributed by atoms with E-state index in [2.05, 4.69) is 9.73 Å². The van der Waals surface area contributed by atoms with Crippen LogP contribution in [0.25, 0.3) is 16.7 Å². The summed E-state index contributed by atoms with van der Waals surface area (Å²) in [7, 11) is 1.57. The Hall–Kier alpha value is -3.79. The first kappa shape index (κ1) is 26.8. The molecule has 7 nitrogen and oxygen atoms in total. The van der Waals surface area contributed by atoms with Gasteiger partial charge in [-0.15, -0.1) is 13.2 Å². The van der Waals surface area contributed by atoms with Crippen molar-refractivity contribution >= 4 is 17.8 Å². The topological polar surface area (TPSA) is 97.6 Å². The summed E-state index contributed by atoms with van der Waals surface area (Å²) < 4.78 is 53.5. The number of carboxylic acid groups (broad SMARTS) is 1. The zero-order valence-electron chi connectivity index (χ0n) is 19.8. The summed E-state index contributed by atoms with van der Waals surface area (Å²) >= 11 is 0. The van der Waals surface area contributed by atoms with Crippen LogP contribution in [0.3, 0.4) is 0 Å². The standard InChI is InChI=1S/C26H26F3NO6/c1-16-11-23(31)22(25(32)33)15-30-8-7-18-13-24(35-10-4-9-34-2)21(14-20(16)18)17-5-3-6-19(12-17)36-26(27,28)29/h3,5-6,11-15,31H,4,7-10H2,1-2H3,(H,32,33)/b16-11+,23-22?,30-15?. The largest absolute Gasteiger partial charge is 0.573 e. The molecule has 0 radical (unpaired) electrons.